The second-order valence-corrected chi connectivity index (χ2v) is 22.0. The monoisotopic (exact) mass is 1090 g/mol. The summed E-state index contributed by atoms with van der Waals surface area (Å²) in [7, 11) is 0. The summed E-state index contributed by atoms with van der Waals surface area (Å²) in [4.78, 5) is 10.7. The number of hydrogen-bond acceptors (Lipinski definition) is 2. The number of para-hydroxylation sites is 2. The Morgan fingerprint density at radius 2 is 0.488 bits per heavy atom. The van der Waals surface area contributed by atoms with Crippen LogP contribution < -0.4 is 0 Å². The summed E-state index contributed by atoms with van der Waals surface area (Å²) in [6.07, 6.45) is 0. The van der Waals surface area contributed by atoms with Crippen LogP contribution in [0.4, 0.5) is 0 Å². The van der Waals surface area contributed by atoms with Crippen molar-refractivity contribution in [3.63, 3.8) is 0 Å². The smallest absolute Gasteiger partial charge is 0.145 e. The minimum atomic E-state index is 0.911. The van der Waals surface area contributed by atoms with E-state index in [-0.39, 0.29) is 0 Å². The van der Waals surface area contributed by atoms with Crippen LogP contribution in [0.1, 0.15) is 0 Å². The van der Waals surface area contributed by atoms with Gasteiger partial charge in [-0.15, -0.1) is 0 Å². The molecule has 4 nitrogen and oxygen atoms in total. The third-order valence-electron chi connectivity index (χ3n) is 17.0. The second-order valence-electron chi connectivity index (χ2n) is 22.0. The molecule has 16 rings (SSSR count). The molecule has 0 N–H and O–H groups in total. The maximum Gasteiger partial charge on any atom is 0.145 e. The zero-order valence-corrected chi connectivity index (χ0v) is 47.0. The molecule has 2 heterocycles. The molecule has 0 amide bonds. The van der Waals surface area contributed by atoms with Gasteiger partial charge in [-0.05, 0) is 160 Å². The van der Waals surface area contributed by atoms with E-state index >= 15 is 0 Å². The van der Waals surface area contributed by atoms with Crippen LogP contribution in [0.5, 0.6) is 0 Å². The summed E-state index contributed by atoms with van der Waals surface area (Å²) in [5.41, 5.74) is 24.5. The van der Waals surface area contributed by atoms with Crippen LogP contribution in [0.25, 0.3) is 156 Å². The van der Waals surface area contributed by atoms with Crippen LogP contribution in [0.3, 0.4) is 0 Å². The molecule has 0 fully saturated rings. The summed E-state index contributed by atoms with van der Waals surface area (Å²) < 4.78 is 4.55. The van der Waals surface area contributed by atoms with Crippen molar-refractivity contribution in [3.8, 4) is 112 Å². The number of fused-ring (bicyclic) bond motifs is 4. The predicted octanol–water partition coefficient (Wildman–Crippen LogP) is 21.7. The highest BCUT2D eigenvalue weighted by atomic mass is 15.1. The minimum absolute atomic E-state index is 0.911. The molecule has 0 spiro atoms. The highest BCUT2D eigenvalue weighted by Gasteiger charge is 2.24. The average molecular weight is 1100 g/mol. The topological polar surface area (TPSA) is 35.6 Å². The molecule has 16 aromatic rings. The summed E-state index contributed by atoms with van der Waals surface area (Å²) in [5.74, 6) is 1.83. The third kappa shape index (κ3) is 8.87. The van der Waals surface area contributed by atoms with Crippen LogP contribution in [-0.2, 0) is 0 Å². The molecule has 0 saturated heterocycles. The van der Waals surface area contributed by atoms with E-state index in [2.05, 4.69) is 337 Å². The van der Waals surface area contributed by atoms with Gasteiger partial charge < -0.3 is 0 Å². The molecule has 0 aliphatic carbocycles. The molecule has 0 saturated carbocycles. The molecule has 402 valence electrons. The van der Waals surface area contributed by atoms with Crippen LogP contribution >= 0.6 is 0 Å². The first kappa shape index (κ1) is 50.3. The molecule has 0 radical (unpaired) electrons. The lowest BCUT2D eigenvalue weighted by atomic mass is 9.81. The van der Waals surface area contributed by atoms with Crippen molar-refractivity contribution in [2.24, 2.45) is 0 Å². The first-order valence-electron chi connectivity index (χ1n) is 29.4. The van der Waals surface area contributed by atoms with E-state index < -0.39 is 0 Å². The van der Waals surface area contributed by atoms with Gasteiger partial charge in [0.2, 0.25) is 0 Å². The van der Waals surface area contributed by atoms with Crippen molar-refractivity contribution in [2.45, 2.75) is 0 Å². The van der Waals surface area contributed by atoms with Gasteiger partial charge in [0.25, 0.3) is 0 Å². The van der Waals surface area contributed by atoms with E-state index in [1.807, 2.05) is 0 Å². The van der Waals surface area contributed by atoms with Crippen molar-refractivity contribution >= 4 is 43.6 Å². The van der Waals surface area contributed by atoms with Crippen molar-refractivity contribution < 1.29 is 0 Å². The fraction of sp³-hybridized carbons (Fsp3) is 0. The Kier molecular flexibility index (Phi) is 12.5. The zero-order valence-electron chi connectivity index (χ0n) is 47.0. The van der Waals surface area contributed by atoms with Gasteiger partial charge in [0, 0.05) is 22.5 Å². The van der Waals surface area contributed by atoms with E-state index in [0.717, 1.165) is 89.6 Å². The van der Waals surface area contributed by atoms with Crippen LogP contribution in [0.2, 0.25) is 0 Å². The van der Waals surface area contributed by atoms with Crippen molar-refractivity contribution in [1.82, 2.24) is 19.1 Å². The lowest BCUT2D eigenvalue weighted by Gasteiger charge is -2.22. The third-order valence-corrected chi connectivity index (χ3v) is 17.0. The molecule has 86 heavy (non-hydrogen) atoms. The number of benzene rings is 14. The Morgan fingerprint density at radius 3 is 0.884 bits per heavy atom. The standard InChI is InChI=1S/C82H54N4/c1-7-23-57(24-8-1)67-35-19-21-37-69(67)79-72-48-44-62(64-46-50-78-76(54-64)84-82(60-29-13-4-14-30-60)86(78)66-33-17-6-18-34-66)52-74(72)80(70-38-22-20-36-68(70)58-25-9-2-10-26-58)71-47-43-61(51-73(71)79)55-39-41-56(42-40-55)63-45-49-77-75(53-63)83-81(59-27-11-3-12-28-59)85(77)65-31-15-5-16-32-65/h1-54H. The van der Waals surface area contributed by atoms with Gasteiger partial charge in [0.05, 0.1) is 22.1 Å². The fourth-order valence-corrected chi connectivity index (χ4v) is 12.9. The Hall–Kier alpha value is -11.5. The lowest BCUT2D eigenvalue weighted by Crippen LogP contribution is -1.97. The van der Waals surface area contributed by atoms with Crippen LogP contribution in [0, 0.1) is 0 Å². The Morgan fingerprint density at radius 1 is 0.198 bits per heavy atom. The molecule has 0 atom stereocenters. The molecular weight excluding hydrogens is 1040 g/mol. The van der Waals surface area contributed by atoms with Gasteiger partial charge in [0.15, 0.2) is 0 Å². The molecule has 0 aliphatic heterocycles. The Balaban J connectivity index is 0.894. The zero-order chi connectivity index (χ0) is 56.9. The second kappa shape index (κ2) is 21.4. The number of nitrogens with zero attached hydrogens (tertiary/aromatic N) is 4. The van der Waals surface area contributed by atoms with Crippen molar-refractivity contribution in [3.05, 3.63) is 328 Å². The van der Waals surface area contributed by atoms with E-state index in [9.17, 15) is 0 Å². The Labute approximate surface area is 499 Å². The number of aromatic nitrogens is 4. The van der Waals surface area contributed by atoms with E-state index in [1.54, 1.807) is 0 Å². The largest absolute Gasteiger partial charge is 0.292 e. The Bertz CT molecular complexity index is 5170. The number of rotatable bonds is 11. The van der Waals surface area contributed by atoms with Gasteiger partial charge >= 0.3 is 0 Å². The minimum Gasteiger partial charge on any atom is -0.292 e. The van der Waals surface area contributed by atoms with Gasteiger partial charge in [-0.3, -0.25) is 9.13 Å². The van der Waals surface area contributed by atoms with Gasteiger partial charge in [-0.25, -0.2) is 9.97 Å². The fourth-order valence-electron chi connectivity index (χ4n) is 12.9. The summed E-state index contributed by atoms with van der Waals surface area (Å²) in [6, 6.07) is 118. The molecular formula is C82H54N4. The van der Waals surface area contributed by atoms with E-state index in [0.29, 0.717) is 0 Å². The summed E-state index contributed by atoms with van der Waals surface area (Å²) in [6.45, 7) is 0. The molecule has 0 unspecified atom stereocenters. The highest BCUT2D eigenvalue weighted by Crippen LogP contribution is 2.50. The SMILES string of the molecule is c1ccc(-c2ccccc2-c2c3ccc(-c4ccc5c(c4)nc(-c4ccccc4)n5-c4ccccc4)cc3c(-c3ccccc3-c3ccccc3)c3ccc(-c4ccc(-c5ccc6c(c5)nc(-c5ccccc5)n6-c5ccccc5)cc4)cc23)cc1. The first-order valence-corrected chi connectivity index (χ1v) is 29.4. The maximum atomic E-state index is 5.40. The van der Waals surface area contributed by atoms with Crippen LogP contribution in [0.15, 0.2) is 328 Å². The van der Waals surface area contributed by atoms with E-state index in [4.69, 9.17) is 9.97 Å². The summed E-state index contributed by atoms with van der Waals surface area (Å²) in [5, 5.41) is 4.72. The number of hydrogen-bond donors (Lipinski definition) is 0. The molecule has 14 aromatic carbocycles. The lowest BCUT2D eigenvalue weighted by molar-refractivity contribution is 1.10. The molecule has 2 aromatic heterocycles. The van der Waals surface area contributed by atoms with E-state index in [1.165, 1.54) is 66.1 Å². The maximum absolute atomic E-state index is 5.40. The summed E-state index contributed by atoms with van der Waals surface area (Å²) >= 11 is 0. The average Bonchev–Trinajstić information content (AvgIpc) is 1.04. The highest BCUT2D eigenvalue weighted by molar-refractivity contribution is 6.24. The van der Waals surface area contributed by atoms with Gasteiger partial charge in [0.1, 0.15) is 11.6 Å². The molecule has 0 bridgehead atoms. The van der Waals surface area contributed by atoms with Gasteiger partial charge in [-0.2, -0.15) is 0 Å². The molecule has 4 heteroatoms. The normalized spacial score (nSPS) is 11.5. The van der Waals surface area contributed by atoms with Crippen molar-refractivity contribution in [1.29, 1.82) is 0 Å². The first-order chi connectivity index (χ1) is 42.7. The van der Waals surface area contributed by atoms with Crippen molar-refractivity contribution in [2.75, 3.05) is 0 Å². The number of imidazole rings is 2. The van der Waals surface area contributed by atoms with Crippen LogP contribution in [-0.4, -0.2) is 19.1 Å². The van der Waals surface area contributed by atoms with Gasteiger partial charge in [-0.1, -0.05) is 267 Å². The quantitative estimate of drug-likeness (QED) is 0.121. The predicted molar refractivity (Wildman–Crippen MR) is 360 cm³/mol. The molecule has 0 aliphatic rings.